The third-order valence-electron chi connectivity index (χ3n) is 2.79. The molecule has 2 rings (SSSR count). The van der Waals surface area contributed by atoms with Gasteiger partial charge in [0, 0.05) is 23.1 Å². The van der Waals surface area contributed by atoms with Crippen LogP contribution in [0.1, 0.15) is 44.6 Å². The van der Waals surface area contributed by atoms with Gasteiger partial charge in [0.2, 0.25) is 0 Å². The second-order valence-electron chi connectivity index (χ2n) is 5.15. The van der Waals surface area contributed by atoms with Crippen molar-refractivity contribution in [3.8, 4) is 5.75 Å². The molecule has 2 nitrogen and oxygen atoms in total. The van der Waals surface area contributed by atoms with Crippen LogP contribution < -0.4 is 4.74 Å². The molecule has 82 valence electrons. The molecule has 1 aliphatic heterocycles. The molecule has 15 heavy (non-hydrogen) atoms. The Morgan fingerprint density at radius 3 is 2.73 bits per heavy atom. The number of nitrogens with zero attached hydrogens (tertiary/aromatic N) is 1. The van der Waals surface area contributed by atoms with Crippen LogP contribution in [0, 0.1) is 0 Å². The molecule has 0 aromatic carbocycles. The van der Waals surface area contributed by atoms with Gasteiger partial charge >= 0.3 is 0 Å². The maximum Gasteiger partial charge on any atom is 0.144 e. The zero-order valence-electron chi connectivity index (χ0n) is 10.1. The average Bonchev–Trinajstić information content (AvgIpc) is 2.61. The van der Waals surface area contributed by atoms with E-state index in [1.807, 2.05) is 0 Å². The first-order valence-electron chi connectivity index (χ1n) is 5.68. The van der Waals surface area contributed by atoms with Crippen LogP contribution in [0.25, 0.3) is 0 Å². The van der Waals surface area contributed by atoms with Crippen molar-refractivity contribution in [3.63, 3.8) is 0 Å². The molecule has 0 aliphatic carbocycles. The first-order chi connectivity index (χ1) is 7.02. The van der Waals surface area contributed by atoms with E-state index in [4.69, 9.17) is 9.72 Å². The van der Waals surface area contributed by atoms with Gasteiger partial charge in [-0.3, -0.25) is 4.98 Å². The zero-order chi connectivity index (χ0) is 11.1. The van der Waals surface area contributed by atoms with Gasteiger partial charge in [-0.05, 0) is 12.5 Å². The number of hydrogen-bond acceptors (Lipinski definition) is 2. The van der Waals surface area contributed by atoms with E-state index in [1.165, 1.54) is 11.3 Å². The van der Waals surface area contributed by atoms with Gasteiger partial charge in [-0.1, -0.05) is 27.7 Å². The topological polar surface area (TPSA) is 22.1 Å². The van der Waals surface area contributed by atoms with Gasteiger partial charge in [0.15, 0.2) is 0 Å². The fourth-order valence-electron chi connectivity index (χ4n) is 1.94. The molecule has 1 aromatic rings. The lowest BCUT2D eigenvalue weighted by Gasteiger charge is -2.21. The Hall–Kier alpha value is -1.05. The van der Waals surface area contributed by atoms with Crippen LogP contribution in [0.3, 0.4) is 0 Å². The van der Waals surface area contributed by atoms with Crippen LogP contribution in [0.4, 0.5) is 0 Å². The Morgan fingerprint density at radius 1 is 1.40 bits per heavy atom. The van der Waals surface area contributed by atoms with E-state index in [1.54, 1.807) is 0 Å². The summed E-state index contributed by atoms with van der Waals surface area (Å²) in [6.07, 6.45) is 2.03. The molecule has 0 saturated carbocycles. The van der Waals surface area contributed by atoms with Crippen LogP contribution in [-0.2, 0) is 18.3 Å². The minimum absolute atomic E-state index is 0.0691. The normalized spacial score (nSPS) is 14.9. The third kappa shape index (κ3) is 1.85. The molecule has 0 fully saturated rings. The van der Waals surface area contributed by atoms with Crippen molar-refractivity contribution in [2.45, 2.75) is 46.0 Å². The Morgan fingerprint density at radius 2 is 2.13 bits per heavy atom. The third-order valence-corrected chi connectivity index (χ3v) is 2.79. The summed E-state index contributed by atoms with van der Waals surface area (Å²) in [6, 6.07) is 2.19. The van der Waals surface area contributed by atoms with Crippen LogP contribution >= 0.6 is 0 Å². The monoisotopic (exact) mass is 205 g/mol. The summed E-state index contributed by atoms with van der Waals surface area (Å²) in [5.41, 5.74) is 3.71. The van der Waals surface area contributed by atoms with Crippen molar-refractivity contribution in [2.24, 2.45) is 0 Å². The highest BCUT2D eigenvalue weighted by molar-refractivity contribution is 5.44. The van der Waals surface area contributed by atoms with Gasteiger partial charge in [-0.25, -0.2) is 0 Å². The highest BCUT2D eigenvalue weighted by atomic mass is 16.5. The smallest absolute Gasteiger partial charge is 0.144 e. The summed E-state index contributed by atoms with van der Waals surface area (Å²) in [4.78, 5) is 4.71. The zero-order valence-corrected chi connectivity index (χ0v) is 10.1. The summed E-state index contributed by atoms with van der Waals surface area (Å²) in [6.45, 7) is 9.54. The lowest BCUT2D eigenvalue weighted by molar-refractivity contribution is 0.343. The summed E-state index contributed by atoms with van der Waals surface area (Å²) < 4.78 is 5.69. The minimum atomic E-state index is 0.0691. The molecular formula is C13H19NO. The number of aromatic nitrogens is 1. The van der Waals surface area contributed by atoms with E-state index in [9.17, 15) is 0 Å². The lowest BCUT2D eigenvalue weighted by Crippen LogP contribution is -2.16. The Labute approximate surface area is 91.7 Å². The van der Waals surface area contributed by atoms with Crippen LogP contribution in [0.5, 0.6) is 5.75 Å². The van der Waals surface area contributed by atoms with Crippen LogP contribution in [-0.4, -0.2) is 11.6 Å². The standard InChI is InChI=1S/C13H19NO/c1-5-10-8-9-6-7-15-11(9)12(14-10)13(2,3)4/h8H,5-7H2,1-4H3. The first kappa shape index (κ1) is 10.5. The molecular weight excluding hydrogens is 186 g/mol. The van der Waals surface area contributed by atoms with Crippen molar-refractivity contribution < 1.29 is 4.74 Å². The lowest BCUT2D eigenvalue weighted by atomic mass is 9.89. The fraction of sp³-hybridized carbons (Fsp3) is 0.615. The SMILES string of the molecule is CCc1cc2c(c(C(C)(C)C)n1)OCC2. The quantitative estimate of drug-likeness (QED) is 0.703. The van der Waals surface area contributed by atoms with Crippen molar-refractivity contribution in [2.75, 3.05) is 6.61 Å². The van der Waals surface area contributed by atoms with E-state index in [0.29, 0.717) is 0 Å². The van der Waals surface area contributed by atoms with E-state index in [2.05, 4.69) is 33.8 Å². The number of rotatable bonds is 1. The Kier molecular flexibility index (Phi) is 2.45. The Bertz CT molecular complexity index is 377. The molecule has 0 atom stereocenters. The first-order valence-corrected chi connectivity index (χ1v) is 5.68. The predicted octanol–water partition coefficient (Wildman–Crippen LogP) is 2.88. The van der Waals surface area contributed by atoms with E-state index in [-0.39, 0.29) is 5.41 Å². The van der Waals surface area contributed by atoms with Crippen molar-refractivity contribution in [3.05, 3.63) is 23.0 Å². The fourth-order valence-corrected chi connectivity index (χ4v) is 1.94. The average molecular weight is 205 g/mol. The maximum atomic E-state index is 5.69. The summed E-state index contributed by atoms with van der Waals surface area (Å²) in [5.74, 6) is 1.04. The molecule has 1 aromatic heterocycles. The van der Waals surface area contributed by atoms with Crippen molar-refractivity contribution >= 4 is 0 Å². The van der Waals surface area contributed by atoms with Crippen molar-refractivity contribution in [1.82, 2.24) is 4.98 Å². The van der Waals surface area contributed by atoms with Gasteiger partial charge < -0.3 is 4.74 Å². The number of ether oxygens (including phenoxy) is 1. The molecule has 0 radical (unpaired) electrons. The molecule has 0 saturated heterocycles. The molecule has 0 unspecified atom stereocenters. The predicted molar refractivity (Wildman–Crippen MR) is 61.5 cm³/mol. The second-order valence-corrected chi connectivity index (χ2v) is 5.15. The van der Waals surface area contributed by atoms with Gasteiger partial charge in [0.25, 0.3) is 0 Å². The Balaban J connectivity index is 2.57. The summed E-state index contributed by atoms with van der Waals surface area (Å²) in [7, 11) is 0. The van der Waals surface area contributed by atoms with Gasteiger partial charge in [-0.15, -0.1) is 0 Å². The minimum Gasteiger partial charge on any atom is -0.491 e. The summed E-state index contributed by atoms with van der Waals surface area (Å²) >= 11 is 0. The second kappa shape index (κ2) is 3.51. The molecule has 0 bridgehead atoms. The molecule has 2 heterocycles. The maximum absolute atomic E-state index is 5.69. The number of aryl methyl sites for hydroxylation is 1. The van der Waals surface area contributed by atoms with Gasteiger partial charge in [0.05, 0.1) is 12.3 Å². The highest BCUT2D eigenvalue weighted by Gasteiger charge is 2.26. The van der Waals surface area contributed by atoms with E-state index in [0.717, 1.165) is 30.9 Å². The van der Waals surface area contributed by atoms with Crippen LogP contribution in [0.2, 0.25) is 0 Å². The largest absolute Gasteiger partial charge is 0.491 e. The van der Waals surface area contributed by atoms with E-state index < -0.39 is 0 Å². The van der Waals surface area contributed by atoms with Crippen LogP contribution in [0.15, 0.2) is 6.07 Å². The van der Waals surface area contributed by atoms with Gasteiger partial charge in [0.1, 0.15) is 5.75 Å². The molecule has 0 spiro atoms. The van der Waals surface area contributed by atoms with E-state index >= 15 is 0 Å². The highest BCUT2D eigenvalue weighted by Crippen LogP contribution is 2.36. The van der Waals surface area contributed by atoms with Crippen molar-refractivity contribution in [1.29, 1.82) is 0 Å². The number of fused-ring (bicyclic) bond motifs is 1. The number of pyridine rings is 1. The molecule has 0 N–H and O–H groups in total. The molecule has 1 aliphatic rings. The molecule has 0 amide bonds. The molecule has 2 heteroatoms. The summed E-state index contributed by atoms with van der Waals surface area (Å²) in [5, 5.41) is 0. The number of hydrogen-bond donors (Lipinski definition) is 0. The van der Waals surface area contributed by atoms with Gasteiger partial charge in [-0.2, -0.15) is 0 Å².